The molecule has 3 rings (SSSR count). The van der Waals surface area contributed by atoms with Crippen LogP contribution < -0.4 is 0 Å². The Morgan fingerprint density at radius 3 is 2.28 bits per heavy atom. The fourth-order valence-electron chi connectivity index (χ4n) is 3.95. The standard InChI is InChI=1S/C24H30N2O4S2/c1-2-3-4-5-6-7-8-11-22(24-13-10-19-31-24)23-12-9-18-25(23)32(29,30)21-16-14-20(15-17-21)26(27)28/h9-10,12-19,22H,2-8,11H2,1H3/t22-/m1/s1. The summed E-state index contributed by atoms with van der Waals surface area (Å²) in [6.45, 7) is 2.21. The third kappa shape index (κ3) is 5.86. The van der Waals surface area contributed by atoms with Crippen molar-refractivity contribution in [2.75, 3.05) is 0 Å². The molecule has 0 aliphatic rings. The first-order valence-electron chi connectivity index (χ1n) is 11.2. The molecule has 2 heterocycles. The first kappa shape index (κ1) is 24.2. The van der Waals surface area contributed by atoms with Gasteiger partial charge in [-0.15, -0.1) is 11.3 Å². The summed E-state index contributed by atoms with van der Waals surface area (Å²) in [7, 11) is -3.85. The monoisotopic (exact) mass is 474 g/mol. The van der Waals surface area contributed by atoms with E-state index in [0.29, 0.717) is 0 Å². The molecule has 0 bridgehead atoms. The number of aromatic nitrogens is 1. The maximum absolute atomic E-state index is 13.3. The van der Waals surface area contributed by atoms with Crippen LogP contribution in [-0.4, -0.2) is 17.3 Å². The van der Waals surface area contributed by atoms with Crippen LogP contribution in [0.15, 0.2) is 65.0 Å². The van der Waals surface area contributed by atoms with Gasteiger partial charge in [-0.1, -0.05) is 57.9 Å². The molecule has 0 radical (unpaired) electrons. The van der Waals surface area contributed by atoms with E-state index in [-0.39, 0.29) is 16.5 Å². The maximum atomic E-state index is 13.3. The number of hydrogen-bond donors (Lipinski definition) is 0. The molecule has 0 saturated carbocycles. The number of nitrogens with zero attached hydrogens (tertiary/aromatic N) is 2. The van der Waals surface area contributed by atoms with Crippen molar-refractivity contribution >= 4 is 27.0 Å². The molecule has 0 amide bonds. The molecule has 172 valence electrons. The highest BCUT2D eigenvalue weighted by Crippen LogP contribution is 2.35. The molecule has 3 aromatic rings. The van der Waals surface area contributed by atoms with Gasteiger partial charge in [0.05, 0.1) is 9.82 Å². The van der Waals surface area contributed by atoms with Crippen LogP contribution in [0.2, 0.25) is 0 Å². The van der Waals surface area contributed by atoms with Gasteiger partial charge in [0.2, 0.25) is 0 Å². The minimum Gasteiger partial charge on any atom is -0.258 e. The predicted octanol–water partition coefficient (Wildman–Crippen LogP) is 6.97. The number of hydrogen-bond acceptors (Lipinski definition) is 5. The Balaban J connectivity index is 1.80. The fraction of sp³-hybridized carbons (Fsp3) is 0.417. The van der Waals surface area contributed by atoms with Crippen molar-refractivity contribution in [2.24, 2.45) is 0 Å². The second-order valence-electron chi connectivity index (χ2n) is 7.96. The summed E-state index contributed by atoms with van der Waals surface area (Å²) in [4.78, 5) is 11.6. The summed E-state index contributed by atoms with van der Waals surface area (Å²) in [5.41, 5.74) is 0.601. The molecule has 0 aliphatic carbocycles. The van der Waals surface area contributed by atoms with Crippen molar-refractivity contribution in [1.29, 1.82) is 0 Å². The van der Waals surface area contributed by atoms with Crippen LogP contribution in [0.5, 0.6) is 0 Å². The highest BCUT2D eigenvalue weighted by Gasteiger charge is 2.26. The molecular weight excluding hydrogens is 444 g/mol. The molecule has 0 spiro atoms. The van der Waals surface area contributed by atoms with E-state index in [9.17, 15) is 18.5 Å². The molecule has 6 nitrogen and oxygen atoms in total. The van der Waals surface area contributed by atoms with E-state index < -0.39 is 14.9 Å². The Morgan fingerprint density at radius 1 is 0.969 bits per heavy atom. The van der Waals surface area contributed by atoms with Gasteiger partial charge in [0.25, 0.3) is 15.7 Å². The molecule has 0 aliphatic heterocycles. The Labute approximate surface area is 194 Å². The zero-order valence-corrected chi connectivity index (χ0v) is 20.0. The molecule has 1 aromatic carbocycles. The maximum Gasteiger partial charge on any atom is 0.269 e. The van der Waals surface area contributed by atoms with Crippen molar-refractivity contribution < 1.29 is 13.3 Å². The highest BCUT2D eigenvalue weighted by molar-refractivity contribution is 7.90. The first-order valence-corrected chi connectivity index (χ1v) is 13.5. The molecular formula is C24H30N2O4S2. The number of non-ortho nitro benzene ring substituents is 1. The summed E-state index contributed by atoms with van der Waals surface area (Å²) < 4.78 is 28.0. The lowest BCUT2D eigenvalue weighted by atomic mass is 9.95. The van der Waals surface area contributed by atoms with Gasteiger partial charge in [0.15, 0.2) is 0 Å². The van der Waals surface area contributed by atoms with Gasteiger partial charge < -0.3 is 0 Å². The van der Waals surface area contributed by atoms with Gasteiger partial charge in [0.1, 0.15) is 0 Å². The summed E-state index contributed by atoms with van der Waals surface area (Å²) in [5, 5.41) is 12.9. The van der Waals surface area contributed by atoms with Crippen LogP contribution in [-0.2, 0) is 10.0 Å². The lowest BCUT2D eigenvalue weighted by Crippen LogP contribution is -2.17. The minimum absolute atomic E-state index is 0.00605. The minimum atomic E-state index is -3.85. The lowest BCUT2D eigenvalue weighted by molar-refractivity contribution is -0.384. The number of thiophene rings is 1. The highest BCUT2D eigenvalue weighted by atomic mass is 32.2. The van der Waals surface area contributed by atoms with Crippen LogP contribution in [0.1, 0.15) is 74.8 Å². The van der Waals surface area contributed by atoms with E-state index in [2.05, 4.69) is 13.0 Å². The molecule has 0 N–H and O–H groups in total. The molecule has 0 unspecified atom stereocenters. The lowest BCUT2D eigenvalue weighted by Gasteiger charge is -2.19. The third-order valence-electron chi connectivity index (χ3n) is 5.69. The van der Waals surface area contributed by atoms with Crippen molar-refractivity contribution in [1.82, 2.24) is 3.97 Å². The van der Waals surface area contributed by atoms with Crippen LogP contribution >= 0.6 is 11.3 Å². The van der Waals surface area contributed by atoms with Crippen LogP contribution in [0.25, 0.3) is 0 Å². The second kappa shape index (κ2) is 11.4. The van der Waals surface area contributed by atoms with Crippen molar-refractivity contribution in [3.05, 3.63) is 80.8 Å². The number of nitro benzene ring substituents is 1. The molecule has 8 heteroatoms. The van der Waals surface area contributed by atoms with Gasteiger partial charge >= 0.3 is 0 Å². The van der Waals surface area contributed by atoms with Crippen molar-refractivity contribution in [3.8, 4) is 0 Å². The van der Waals surface area contributed by atoms with E-state index in [0.717, 1.165) is 29.8 Å². The first-order chi connectivity index (χ1) is 15.4. The van der Waals surface area contributed by atoms with E-state index in [1.54, 1.807) is 23.6 Å². The Bertz CT molecular complexity index is 1090. The SMILES string of the molecule is CCCCCCCCC[C@@H](c1cccs1)c1cccn1S(=O)(=O)c1ccc([N+](=O)[O-])cc1. The summed E-state index contributed by atoms with van der Waals surface area (Å²) in [6.07, 6.45) is 10.9. The molecule has 32 heavy (non-hydrogen) atoms. The molecule has 0 saturated heterocycles. The number of benzene rings is 1. The van der Waals surface area contributed by atoms with E-state index in [1.807, 2.05) is 17.5 Å². The molecule has 0 fully saturated rings. The number of nitro groups is 1. The average Bonchev–Trinajstić information content (AvgIpc) is 3.48. The van der Waals surface area contributed by atoms with E-state index >= 15 is 0 Å². The van der Waals surface area contributed by atoms with E-state index in [1.165, 1.54) is 60.3 Å². The Morgan fingerprint density at radius 2 is 1.66 bits per heavy atom. The summed E-state index contributed by atoms with van der Waals surface area (Å²) >= 11 is 1.64. The van der Waals surface area contributed by atoms with Crippen molar-refractivity contribution in [2.45, 2.75) is 69.1 Å². The van der Waals surface area contributed by atoms with E-state index in [4.69, 9.17) is 0 Å². The zero-order chi connectivity index (χ0) is 23.0. The second-order valence-corrected chi connectivity index (χ2v) is 10.8. The Kier molecular flexibility index (Phi) is 8.64. The predicted molar refractivity (Wildman–Crippen MR) is 129 cm³/mol. The quantitative estimate of drug-likeness (QED) is 0.152. The van der Waals surface area contributed by atoms with Gasteiger partial charge in [-0.2, -0.15) is 0 Å². The van der Waals surface area contributed by atoms with Crippen LogP contribution in [0.3, 0.4) is 0 Å². The van der Waals surface area contributed by atoms with Crippen LogP contribution in [0, 0.1) is 10.1 Å². The fourth-order valence-corrected chi connectivity index (χ4v) is 6.23. The van der Waals surface area contributed by atoms with Gasteiger partial charge in [-0.25, -0.2) is 12.4 Å². The topological polar surface area (TPSA) is 82.2 Å². The Hall–Kier alpha value is -2.45. The van der Waals surface area contributed by atoms with Crippen molar-refractivity contribution in [3.63, 3.8) is 0 Å². The van der Waals surface area contributed by atoms with Gasteiger partial charge in [-0.05, 0) is 42.1 Å². The smallest absolute Gasteiger partial charge is 0.258 e. The number of unbranched alkanes of at least 4 members (excludes halogenated alkanes) is 6. The molecule has 2 aromatic heterocycles. The molecule has 1 atom stereocenters. The summed E-state index contributed by atoms with van der Waals surface area (Å²) in [5.74, 6) is -0.00605. The normalized spacial score (nSPS) is 12.7. The third-order valence-corrected chi connectivity index (χ3v) is 8.39. The largest absolute Gasteiger partial charge is 0.269 e. The average molecular weight is 475 g/mol. The van der Waals surface area contributed by atoms with Gasteiger partial charge in [0, 0.05) is 34.8 Å². The zero-order valence-electron chi connectivity index (χ0n) is 18.4. The van der Waals surface area contributed by atoms with Crippen LogP contribution in [0.4, 0.5) is 5.69 Å². The summed E-state index contributed by atoms with van der Waals surface area (Å²) in [6, 6.07) is 12.7. The number of rotatable bonds is 13. The van der Waals surface area contributed by atoms with Gasteiger partial charge in [-0.3, -0.25) is 10.1 Å².